The van der Waals surface area contributed by atoms with Crippen molar-refractivity contribution in [1.82, 2.24) is 10.3 Å². The van der Waals surface area contributed by atoms with Crippen LogP contribution >= 0.6 is 11.3 Å². The van der Waals surface area contributed by atoms with E-state index >= 15 is 0 Å². The lowest BCUT2D eigenvalue weighted by Gasteiger charge is -2.38. The number of hydrogen-bond acceptors (Lipinski definition) is 4. The van der Waals surface area contributed by atoms with Gasteiger partial charge in [-0.05, 0) is 26.2 Å². The molecular formula is C11H14N2O3S. The molecule has 0 bridgehead atoms. The molecular weight excluding hydrogens is 240 g/mol. The van der Waals surface area contributed by atoms with Crippen LogP contribution in [-0.2, 0) is 16.0 Å². The second-order valence-corrected chi connectivity index (χ2v) is 5.39. The number of aliphatic carboxylic acids is 1. The van der Waals surface area contributed by atoms with Crippen molar-refractivity contribution in [2.45, 2.75) is 38.1 Å². The van der Waals surface area contributed by atoms with Crippen LogP contribution in [0.4, 0.5) is 0 Å². The van der Waals surface area contributed by atoms with Gasteiger partial charge in [0.2, 0.25) is 5.91 Å². The molecule has 0 saturated heterocycles. The first kappa shape index (κ1) is 12.0. The summed E-state index contributed by atoms with van der Waals surface area (Å²) in [5, 5.41) is 14.4. The Labute approximate surface area is 103 Å². The van der Waals surface area contributed by atoms with E-state index < -0.39 is 11.5 Å². The molecule has 0 atom stereocenters. The molecule has 1 aromatic heterocycles. The smallest absolute Gasteiger partial charge is 0.329 e. The van der Waals surface area contributed by atoms with Crippen LogP contribution in [-0.4, -0.2) is 27.5 Å². The molecule has 0 spiro atoms. The van der Waals surface area contributed by atoms with Crippen LogP contribution in [0.15, 0.2) is 5.38 Å². The molecule has 1 fully saturated rings. The van der Waals surface area contributed by atoms with Gasteiger partial charge in [0.1, 0.15) is 5.54 Å². The Morgan fingerprint density at radius 3 is 2.71 bits per heavy atom. The second kappa shape index (κ2) is 4.44. The highest BCUT2D eigenvalue weighted by atomic mass is 32.1. The number of carbonyl (C=O) groups excluding carboxylic acids is 1. The maximum absolute atomic E-state index is 11.7. The summed E-state index contributed by atoms with van der Waals surface area (Å²) in [6.07, 6.45) is 2.04. The van der Waals surface area contributed by atoms with E-state index in [1.54, 1.807) is 0 Å². The Morgan fingerprint density at radius 1 is 1.59 bits per heavy atom. The van der Waals surface area contributed by atoms with Crippen molar-refractivity contribution in [2.75, 3.05) is 0 Å². The molecule has 1 aromatic rings. The normalized spacial score (nSPS) is 17.2. The van der Waals surface area contributed by atoms with E-state index in [1.165, 1.54) is 11.3 Å². The third-order valence-corrected chi connectivity index (χ3v) is 3.83. The van der Waals surface area contributed by atoms with E-state index in [1.807, 2.05) is 12.3 Å². The Morgan fingerprint density at radius 2 is 2.29 bits per heavy atom. The molecule has 1 aliphatic rings. The first-order valence-electron chi connectivity index (χ1n) is 5.47. The molecule has 1 saturated carbocycles. The lowest BCUT2D eigenvalue weighted by atomic mass is 9.76. The van der Waals surface area contributed by atoms with Gasteiger partial charge in [0.15, 0.2) is 0 Å². The fourth-order valence-electron chi connectivity index (χ4n) is 1.89. The first-order valence-corrected chi connectivity index (χ1v) is 6.35. The number of aromatic nitrogens is 1. The van der Waals surface area contributed by atoms with E-state index in [-0.39, 0.29) is 12.3 Å². The van der Waals surface area contributed by atoms with Crippen LogP contribution < -0.4 is 5.32 Å². The van der Waals surface area contributed by atoms with Crippen LogP contribution in [0.3, 0.4) is 0 Å². The number of hydrogen-bond donors (Lipinski definition) is 2. The van der Waals surface area contributed by atoms with Crippen LogP contribution in [0.1, 0.15) is 30.0 Å². The molecule has 2 rings (SSSR count). The van der Waals surface area contributed by atoms with Gasteiger partial charge < -0.3 is 10.4 Å². The fourth-order valence-corrected chi connectivity index (χ4v) is 2.50. The average molecular weight is 254 g/mol. The minimum atomic E-state index is -1.03. The predicted molar refractivity (Wildman–Crippen MR) is 62.9 cm³/mol. The highest BCUT2D eigenvalue weighted by molar-refractivity contribution is 7.09. The van der Waals surface area contributed by atoms with Gasteiger partial charge >= 0.3 is 5.97 Å². The SMILES string of the molecule is Cc1nc(CC(=O)NC2(C(=O)O)CCC2)cs1. The van der Waals surface area contributed by atoms with E-state index in [0.29, 0.717) is 18.5 Å². The van der Waals surface area contributed by atoms with Gasteiger partial charge in [-0.2, -0.15) is 0 Å². The largest absolute Gasteiger partial charge is 0.480 e. The minimum absolute atomic E-state index is 0.152. The summed E-state index contributed by atoms with van der Waals surface area (Å²) in [6.45, 7) is 1.87. The molecule has 6 heteroatoms. The zero-order valence-corrected chi connectivity index (χ0v) is 10.3. The van der Waals surface area contributed by atoms with Gasteiger partial charge in [0.25, 0.3) is 0 Å². The number of carbonyl (C=O) groups is 2. The summed E-state index contributed by atoms with van der Waals surface area (Å²) in [4.78, 5) is 27.0. The molecule has 1 aliphatic carbocycles. The lowest BCUT2D eigenvalue weighted by molar-refractivity contribution is -0.151. The topological polar surface area (TPSA) is 79.3 Å². The number of carboxylic acid groups (broad SMARTS) is 1. The number of thiazole rings is 1. The van der Waals surface area contributed by atoms with Crippen LogP contribution in [0.2, 0.25) is 0 Å². The molecule has 92 valence electrons. The van der Waals surface area contributed by atoms with Crippen molar-refractivity contribution in [3.05, 3.63) is 16.1 Å². The third-order valence-electron chi connectivity index (χ3n) is 3.00. The van der Waals surface area contributed by atoms with Crippen LogP contribution in [0, 0.1) is 6.92 Å². The molecule has 1 heterocycles. The highest BCUT2D eigenvalue weighted by Gasteiger charge is 2.45. The monoisotopic (exact) mass is 254 g/mol. The van der Waals surface area contributed by atoms with Crippen LogP contribution in [0.25, 0.3) is 0 Å². The van der Waals surface area contributed by atoms with Gasteiger partial charge in [-0.3, -0.25) is 4.79 Å². The first-order chi connectivity index (χ1) is 8.02. The summed E-state index contributed by atoms with van der Waals surface area (Å²) in [5.41, 5.74) is -0.327. The van der Waals surface area contributed by atoms with Crippen molar-refractivity contribution < 1.29 is 14.7 Å². The molecule has 5 nitrogen and oxygen atoms in total. The quantitative estimate of drug-likeness (QED) is 0.843. The third kappa shape index (κ3) is 2.46. The molecule has 1 amide bonds. The minimum Gasteiger partial charge on any atom is -0.480 e. The molecule has 0 aromatic carbocycles. The van der Waals surface area contributed by atoms with E-state index in [9.17, 15) is 9.59 Å². The van der Waals surface area contributed by atoms with Gasteiger partial charge in [0, 0.05) is 5.38 Å². The Kier molecular flexibility index (Phi) is 3.15. The lowest BCUT2D eigenvalue weighted by Crippen LogP contribution is -2.59. The maximum atomic E-state index is 11.7. The summed E-state index contributed by atoms with van der Waals surface area (Å²) >= 11 is 1.48. The molecule has 0 radical (unpaired) electrons. The molecule has 17 heavy (non-hydrogen) atoms. The molecule has 0 aliphatic heterocycles. The van der Waals surface area contributed by atoms with Crippen molar-refractivity contribution in [2.24, 2.45) is 0 Å². The van der Waals surface area contributed by atoms with Crippen molar-refractivity contribution in [3.8, 4) is 0 Å². The number of aryl methyl sites for hydroxylation is 1. The summed E-state index contributed by atoms with van der Waals surface area (Å²) < 4.78 is 0. The Hall–Kier alpha value is -1.43. The summed E-state index contributed by atoms with van der Waals surface area (Å²) in [5.74, 6) is -1.20. The van der Waals surface area contributed by atoms with Gasteiger partial charge in [0.05, 0.1) is 17.1 Å². The average Bonchev–Trinajstić information content (AvgIpc) is 2.57. The summed E-state index contributed by atoms with van der Waals surface area (Å²) in [7, 11) is 0. The number of rotatable bonds is 4. The maximum Gasteiger partial charge on any atom is 0.329 e. The number of amides is 1. The van der Waals surface area contributed by atoms with Crippen molar-refractivity contribution >= 4 is 23.2 Å². The number of carboxylic acids is 1. The fraction of sp³-hybridized carbons (Fsp3) is 0.545. The standard InChI is InChI=1S/C11H14N2O3S/c1-7-12-8(6-17-7)5-9(14)13-11(10(15)16)3-2-4-11/h6H,2-5H2,1H3,(H,13,14)(H,15,16). The van der Waals surface area contributed by atoms with Crippen molar-refractivity contribution in [1.29, 1.82) is 0 Å². The van der Waals surface area contributed by atoms with Gasteiger partial charge in [-0.25, -0.2) is 9.78 Å². The Bertz CT molecular complexity index is 451. The predicted octanol–water partition coefficient (Wildman–Crippen LogP) is 1.12. The van der Waals surface area contributed by atoms with Gasteiger partial charge in [-0.15, -0.1) is 11.3 Å². The van der Waals surface area contributed by atoms with Gasteiger partial charge in [-0.1, -0.05) is 0 Å². The van der Waals surface area contributed by atoms with E-state index in [0.717, 1.165) is 11.4 Å². The van der Waals surface area contributed by atoms with Crippen molar-refractivity contribution in [3.63, 3.8) is 0 Å². The zero-order chi connectivity index (χ0) is 12.5. The van der Waals surface area contributed by atoms with E-state index in [2.05, 4.69) is 10.3 Å². The van der Waals surface area contributed by atoms with E-state index in [4.69, 9.17) is 5.11 Å². The molecule has 2 N–H and O–H groups in total. The summed E-state index contributed by atoms with van der Waals surface area (Å²) in [6, 6.07) is 0. The van der Waals surface area contributed by atoms with Crippen LogP contribution in [0.5, 0.6) is 0 Å². The molecule has 0 unspecified atom stereocenters. The highest BCUT2D eigenvalue weighted by Crippen LogP contribution is 2.32. The zero-order valence-electron chi connectivity index (χ0n) is 9.52. The number of nitrogens with zero attached hydrogens (tertiary/aromatic N) is 1. The Balaban J connectivity index is 1.95. The second-order valence-electron chi connectivity index (χ2n) is 4.32. The number of nitrogens with one attached hydrogen (secondary N) is 1.